The zero-order valence-electron chi connectivity index (χ0n) is 8.10. The number of urea groups is 1. The van der Waals surface area contributed by atoms with Gasteiger partial charge in [-0.05, 0) is 25.6 Å². The highest BCUT2D eigenvalue weighted by molar-refractivity contribution is 7.80. The molecule has 1 atom stereocenters. The molecule has 6 heteroatoms. The first kappa shape index (κ1) is 12.0. The SMILES string of the molecule is CCC(C)NC(=O)NNC(=S)NC. The molecule has 0 saturated carbocycles. The van der Waals surface area contributed by atoms with Gasteiger partial charge in [-0.3, -0.25) is 5.43 Å². The van der Waals surface area contributed by atoms with Crippen molar-refractivity contribution in [2.24, 2.45) is 0 Å². The van der Waals surface area contributed by atoms with Gasteiger partial charge in [-0.25, -0.2) is 10.2 Å². The number of nitrogens with one attached hydrogen (secondary N) is 4. The summed E-state index contributed by atoms with van der Waals surface area (Å²) in [5, 5.41) is 5.75. The maximum absolute atomic E-state index is 11.1. The third kappa shape index (κ3) is 6.15. The molecule has 1 unspecified atom stereocenters. The van der Waals surface area contributed by atoms with Gasteiger partial charge in [0.25, 0.3) is 0 Å². The standard InChI is InChI=1S/C7H16N4OS/c1-4-5(2)9-6(12)10-11-7(13)8-3/h5H,4H2,1-3H3,(H2,8,11,13)(H2,9,10,12). The summed E-state index contributed by atoms with van der Waals surface area (Å²) in [4.78, 5) is 11.1. The summed E-state index contributed by atoms with van der Waals surface area (Å²) >= 11 is 4.75. The summed E-state index contributed by atoms with van der Waals surface area (Å²) in [6, 6.07) is -0.128. The minimum atomic E-state index is -0.285. The topological polar surface area (TPSA) is 65.2 Å². The van der Waals surface area contributed by atoms with Crippen molar-refractivity contribution in [2.75, 3.05) is 7.05 Å². The zero-order valence-corrected chi connectivity index (χ0v) is 8.92. The van der Waals surface area contributed by atoms with E-state index < -0.39 is 0 Å². The third-order valence-corrected chi connectivity index (χ3v) is 1.81. The van der Waals surface area contributed by atoms with Crippen LogP contribution in [0.1, 0.15) is 20.3 Å². The van der Waals surface area contributed by atoms with Crippen molar-refractivity contribution in [3.05, 3.63) is 0 Å². The van der Waals surface area contributed by atoms with Crippen LogP contribution in [0.15, 0.2) is 0 Å². The molecule has 0 aliphatic heterocycles. The second-order valence-electron chi connectivity index (χ2n) is 2.61. The third-order valence-electron chi connectivity index (χ3n) is 1.51. The van der Waals surface area contributed by atoms with Crippen molar-refractivity contribution >= 4 is 23.4 Å². The Bertz CT molecular complexity index is 185. The van der Waals surface area contributed by atoms with E-state index in [-0.39, 0.29) is 12.1 Å². The van der Waals surface area contributed by atoms with Crippen molar-refractivity contribution < 1.29 is 4.79 Å². The van der Waals surface area contributed by atoms with E-state index >= 15 is 0 Å². The molecular weight excluding hydrogens is 188 g/mol. The predicted octanol–water partition coefficient (Wildman–Crippen LogP) is 0.0930. The molecule has 0 aliphatic carbocycles. The van der Waals surface area contributed by atoms with Crippen LogP contribution in [0.4, 0.5) is 4.79 Å². The fourth-order valence-corrected chi connectivity index (χ4v) is 0.589. The normalized spacial score (nSPS) is 11.3. The maximum atomic E-state index is 11.1. The quantitative estimate of drug-likeness (QED) is 0.380. The van der Waals surface area contributed by atoms with Crippen molar-refractivity contribution in [2.45, 2.75) is 26.3 Å². The second kappa shape index (κ2) is 6.47. The van der Waals surface area contributed by atoms with Gasteiger partial charge in [0.15, 0.2) is 5.11 Å². The lowest BCUT2D eigenvalue weighted by atomic mass is 10.3. The van der Waals surface area contributed by atoms with Crippen LogP contribution in [0.25, 0.3) is 0 Å². The highest BCUT2D eigenvalue weighted by Gasteiger charge is 2.03. The van der Waals surface area contributed by atoms with Gasteiger partial charge in [-0.15, -0.1) is 0 Å². The van der Waals surface area contributed by atoms with Gasteiger partial charge in [0.2, 0.25) is 0 Å². The molecular formula is C7H16N4OS. The van der Waals surface area contributed by atoms with E-state index in [0.717, 1.165) is 6.42 Å². The molecule has 0 aromatic carbocycles. The van der Waals surface area contributed by atoms with E-state index in [4.69, 9.17) is 12.2 Å². The average Bonchev–Trinajstić information content (AvgIpc) is 2.13. The van der Waals surface area contributed by atoms with E-state index in [0.29, 0.717) is 5.11 Å². The van der Waals surface area contributed by atoms with Crippen LogP contribution in [0.3, 0.4) is 0 Å². The number of thiocarbonyl (C=S) groups is 1. The molecule has 0 fully saturated rings. The highest BCUT2D eigenvalue weighted by atomic mass is 32.1. The average molecular weight is 204 g/mol. The monoisotopic (exact) mass is 204 g/mol. The Labute approximate surface area is 83.6 Å². The summed E-state index contributed by atoms with van der Waals surface area (Å²) in [7, 11) is 1.67. The highest BCUT2D eigenvalue weighted by Crippen LogP contribution is 1.85. The zero-order chi connectivity index (χ0) is 10.3. The van der Waals surface area contributed by atoms with Crippen LogP contribution in [0, 0.1) is 0 Å². The Morgan fingerprint density at radius 2 is 2.08 bits per heavy atom. The summed E-state index contributed by atoms with van der Waals surface area (Å²) in [5.41, 5.74) is 4.91. The minimum Gasteiger partial charge on any atom is -0.364 e. The Morgan fingerprint density at radius 3 is 2.54 bits per heavy atom. The molecule has 0 heterocycles. The van der Waals surface area contributed by atoms with E-state index in [1.54, 1.807) is 7.05 Å². The van der Waals surface area contributed by atoms with Crippen molar-refractivity contribution in [3.8, 4) is 0 Å². The van der Waals surface area contributed by atoms with Crippen LogP contribution in [0.2, 0.25) is 0 Å². The molecule has 0 aromatic heterocycles. The predicted molar refractivity (Wildman–Crippen MR) is 56.2 cm³/mol. The van der Waals surface area contributed by atoms with Crippen LogP contribution in [-0.4, -0.2) is 24.2 Å². The van der Waals surface area contributed by atoms with E-state index in [2.05, 4.69) is 21.5 Å². The molecule has 4 N–H and O–H groups in total. The molecule has 0 aliphatic rings. The van der Waals surface area contributed by atoms with Crippen molar-refractivity contribution in [1.82, 2.24) is 21.5 Å². The maximum Gasteiger partial charge on any atom is 0.333 e. The van der Waals surface area contributed by atoms with Gasteiger partial charge in [0.05, 0.1) is 0 Å². The number of amides is 2. The van der Waals surface area contributed by atoms with Gasteiger partial charge in [-0.2, -0.15) is 0 Å². The summed E-state index contributed by atoms with van der Waals surface area (Å²) in [6.07, 6.45) is 0.893. The lowest BCUT2D eigenvalue weighted by Gasteiger charge is -2.13. The van der Waals surface area contributed by atoms with Crippen LogP contribution < -0.4 is 21.5 Å². The second-order valence-corrected chi connectivity index (χ2v) is 3.02. The summed E-state index contributed by atoms with van der Waals surface area (Å²) < 4.78 is 0. The minimum absolute atomic E-state index is 0.157. The Hall–Kier alpha value is -1.04. The van der Waals surface area contributed by atoms with Crippen molar-refractivity contribution in [1.29, 1.82) is 0 Å². The molecule has 13 heavy (non-hydrogen) atoms. The van der Waals surface area contributed by atoms with Crippen LogP contribution in [-0.2, 0) is 0 Å². The Balaban J connectivity index is 3.57. The molecule has 2 amide bonds. The number of carbonyl (C=O) groups is 1. The first-order valence-corrected chi connectivity index (χ1v) is 4.55. The molecule has 0 aromatic rings. The fraction of sp³-hybridized carbons (Fsp3) is 0.714. The molecule has 76 valence electrons. The van der Waals surface area contributed by atoms with Crippen molar-refractivity contribution in [3.63, 3.8) is 0 Å². The van der Waals surface area contributed by atoms with Crippen LogP contribution in [0.5, 0.6) is 0 Å². The van der Waals surface area contributed by atoms with Gasteiger partial charge < -0.3 is 10.6 Å². The number of hydrazine groups is 1. The van der Waals surface area contributed by atoms with E-state index in [1.807, 2.05) is 13.8 Å². The molecule has 0 bridgehead atoms. The first-order chi connectivity index (χ1) is 6.10. The fourth-order valence-electron chi connectivity index (χ4n) is 0.538. The van der Waals surface area contributed by atoms with Gasteiger partial charge >= 0.3 is 6.03 Å². The molecule has 0 spiro atoms. The smallest absolute Gasteiger partial charge is 0.333 e. The number of hydrogen-bond donors (Lipinski definition) is 4. The Morgan fingerprint density at radius 1 is 1.46 bits per heavy atom. The van der Waals surface area contributed by atoms with E-state index in [9.17, 15) is 4.79 Å². The molecule has 5 nitrogen and oxygen atoms in total. The summed E-state index contributed by atoms with van der Waals surface area (Å²) in [5.74, 6) is 0. The van der Waals surface area contributed by atoms with E-state index in [1.165, 1.54) is 0 Å². The summed E-state index contributed by atoms with van der Waals surface area (Å²) in [6.45, 7) is 3.92. The lowest BCUT2D eigenvalue weighted by Crippen LogP contribution is -2.51. The number of hydrogen-bond acceptors (Lipinski definition) is 2. The first-order valence-electron chi connectivity index (χ1n) is 4.14. The van der Waals surface area contributed by atoms with Gasteiger partial charge in [0, 0.05) is 13.1 Å². The number of rotatable bonds is 2. The lowest BCUT2D eigenvalue weighted by molar-refractivity contribution is 0.235. The van der Waals surface area contributed by atoms with Gasteiger partial charge in [0.1, 0.15) is 0 Å². The van der Waals surface area contributed by atoms with Gasteiger partial charge in [-0.1, -0.05) is 6.92 Å². The molecule has 0 radical (unpaired) electrons. The molecule has 0 rings (SSSR count). The Kier molecular flexibility index (Phi) is 5.96. The molecule has 0 saturated heterocycles. The largest absolute Gasteiger partial charge is 0.364 e. The number of carbonyl (C=O) groups excluding carboxylic acids is 1. The van der Waals surface area contributed by atoms with Crippen LogP contribution >= 0.6 is 12.2 Å².